The molecule has 1 saturated heterocycles. The van der Waals surface area contributed by atoms with Crippen molar-refractivity contribution in [3.63, 3.8) is 0 Å². The lowest BCUT2D eigenvalue weighted by atomic mass is 10.0. The van der Waals surface area contributed by atoms with Crippen LogP contribution in [-0.4, -0.2) is 22.6 Å². The van der Waals surface area contributed by atoms with E-state index < -0.39 is 0 Å². The van der Waals surface area contributed by atoms with Crippen molar-refractivity contribution in [1.82, 2.24) is 14.9 Å². The summed E-state index contributed by atoms with van der Waals surface area (Å²) in [7, 11) is 0. The molecule has 0 aliphatic carbocycles. The maximum atomic E-state index is 12.2. The number of nitrogens with one attached hydrogen (secondary N) is 2. The van der Waals surface area contributed by atoms with Gasteiger partial charge in [0.2, 0.25) is 0 Å². The average Bonchev–Trinajstić information content (AvgIpc) is 2.74. The van der Waals surface area contributed by atoms with Gasteiger partial charge in [-0.15, -0.1) is 0 Å². The second kappa shape index (κ2) is 4.85. The average molecular weight is 259 g/mol. The fourth-order valence-electron chi connectivity index (χ4n) is 2.91. The van der Waals surface area contributed by atoms with Gasteiger partial charge < -0.3 is 10.3 Å². The molecule has 1 aliphatic rings. The summed E-state index contributed by atoms with van der Waals surface area (Å²) in [6.07, 6.45) is 2.21. The standard InChI is InChI=1S/C15H21N3O/c1-10(2)11-5-6-13-14(8-11)18(15(19)17-13)12-4-3-7-16-9-12/h5-6,8,10,12,16H,3-4,7,9H2,1-2H3,(H,17,19). The van der Waals surface area contributed by atoms with Gasteiger partial charge in [0.25, 0.3) is 0 Å². The van der Waals surface area contributed by atoms with E-state index in [9.17, 15) is 4.79 Å². The van der Waals surface area contributed by atoms with Gasteiger partial charge in [-0.25, -0.2) is 4.79 Å². The number of aromatic nitrogens is 2. The van der Waals surface area contributed by atoms with Crippen LogP contribution in [0.25, 0.3) is 11.0 Å². The highest BCUT2D eigenvalue weighted by Gasteiger charge is 2.19. The lowest BCUT2D eigenvalue weighted by Gasteiger charge is -2.24. The third-order valence-electron chi connectivity index (χ3n) is 4.04. The molecule has 2 aromatic rings. The Morgan fingerprint density at radius 1 is 1.37 bits per heavy atom. The molecule has 4 nitrogen and oxygen atoms in total. The molecule has 1 aromatic heterocycles. The van der Waals surface area contributed by atoms with E-state index in [0.29, 0.717) is 5.92 Å². The van der Waals surface area contributed by atoms with Gasteiger partial charge in [-0.2, -0.15) is 0 Å². The van der Waals surface area contributed by atoms with Crippen LogP contribution in [0.1, 0.15) is 44.2 Å². The molecule has 102 valence electrons. The van der Waals surface area contributed by atoms with E-state index in [2.05, 4.69) is 36.3 Å². The van der Waals surface area contributed by atoms with E-state index in [1.54, 1.807) is 0 Å². The quantitative estimate of drug-likeness (QED) is 0.870. The zero-order valence-electron chi connectivity index (χ0n) is 11.6. The molecule has 1 atom stereocenters. The van der Waals surface area contributed by atoms with Crippen molar-refractivity contribution in [3.05, 3.63) is 34.2 Å². The Bertz CT molecular complexity index is 632. The van der Waals surface area contributed by atoms with Gasteiger partial charge >= 0.3 is 5.69 Å². The zero-order chi connectivity index (χ0) is 13.4. The summed E-state index contributed by atoms with van der Waals surface area (Å²) in [4.78, 5) is 15.2. The van der Waals surface area contributed by atoms with E-state index in [-0.39, 0.29) is 11.7 Å². The highest BCUT2D eigenvalue weighted by Crippen LogP contribution is 2.24. The summed E-state index contributed by atoms with van der Waals surface area (Å²) in [6, 6.07) is 6.56. The number of hydrogen-bond donors (Lipinski definition) is 2. The van der Waals surface area contributed by atoms with Gasteiger partial charge in [0.05, 0.1) is 17.1 Å². The zero-order valence-corrected chi connectivity index (χ0v) is 11.6. The Morgan fingerprint density at radius 3 is 2.89 bits per heavy atom. The monoisotopic (exact) mass is 259 g/mol. The van der Waals surface area contributed by atoms with E-state index in [0.717, 1.165) is 37.0 Å². The topological polar surface area (TPSA) is 49.8 Å². The number of hydrogen-bond acceptors (Lipinski definition) is 2. The van der Waals surface area contributed by atoms with Gasteiger partial charge in [0, 0.05) is 6.54 Å². The predicted molar refractivity (Wildman–Crippen MR) is 77.8 cm³/mol. The first kappa shape index (κ1) is 12.5. The minimum atomic E-state index is 0.0182. The van der Waals surface area contributed by atoms with Crippen LogP contribution in [0.5, 0.6) is 0 Å². The molecular formula is C15H21N3O. The molecule has 0 spiro atoms. The highest BCUT2D eigenvalue weighted by atomic mass is 16.1. The Morgan fingerprint density at radius 2 is 2.21 bits per heavy atom. The minimum absolute atomic E-state index is 0.0182. The maximum absolute atomic E-state index is 12.2. The van der Waals surface area contributed by atoms with Crippen LogP contribution in [-0.2, 0) is 0 Å². The second-order valence-corrected chi connectivity index (χ2v) is 5.73. The molecule has 2 N–H and O–H groups in total. The summed E-state index contributed by atoms with van der Waals surface area (Å²) < 4.78 is 1.94. The molecule has 0 amide bonds. The maximum Gasteiger partial charge on any atom is 0.326 e. The summed E-state index contributed by atoms with van der Waals surface area (Å²) in [6.45, 7) is 6.31. The summed E-state index contributed by atoms with van der Waals surface area (Å²) in [5.74, 6) is 0.479. The predicted octanol–water partition coefficient (Wildman–Crippen LogP) is 2.38. The molecule has 1 aromatic carbocycles. The lowest BCUT2D eigenvalue weighted by Crippen LogP contribution is -2.35. The van der Waals surface area contributed by atoms with E-state index in [1.165, 1.54) is 5.56 Å². The summed E-state index contributed by atoms with van der Waals surface area (Å²) in [5.41, 5.74) is 3.29. The van der Waals surface area contributed by atoms with Crippen LogP contribution in [0, 0.1) is 0 Å². The molecule has 19 heavy (non-hydrogen) atoms. The SMILES string of the molecule is CC(C)c1ccc2[nH]c(=O)n(C3CCCNC3)c2c1. The van der Waals surface area contributed by atoms with E-state index in [4.69, 9.17) is 0 Å². The van der Waals surface area contributed by atoms with Crippen LogP contribution in [0.4, 0.5) is 0 Å². The van der Waals surface area contributed by atoms with Crippen molar-refractivity contribution in [2.75, 3.05) is 13.1 Å². The van der Waals surface area contributed by atoms with Gasteiger partial charge in [0.15, 0.2) is 0 Å². The van der Waals surface area contributed by atoms with E-state index in [1.807, 2.05) is 10.6 Å². The molecule has 4 heteroatoms. The first-order chi connectivity index (χ1) is 9.16. The van der Waals surface area contributed by atoms with Crippen LogP contribution in [0.2, 0.25) is 0 Å². The molecular weight excluding hydrogens is 238 g/mol. The van der Waals surface area contributed by atoms with Crippen LogP contribution >= 0.6 is 0 Å². The van der Waals surface area contributed by atoms with Crippen molar-refractivity contribution in [3.8, 4) is 0 Å². The molecule has 1 unspecified atom stereocenters. The molecule has 1 fully saturated rings. The van der Waals surface area contributed by atoms with Gasteiger partial charge in [0.1, 0.15) is 0 Å². The van der Waals surface area contributed by atoms with Crippen molar-refractivity contribution in [1.29, 1.82) is 0 Å². The third-order valence-corrected chi connectivity index (χ3v) is 4.04. The normalized spacial score (nSPS) is 20.3. The number of nitrogens with zero attached hydrogens (tertiary/aromatic N) is 1. The fourth-order valence-corrected chi connectivity index (χ4v) is 2.91. The highest BCUT2D eigenvalue weighted by molar-refractivity contribution is 5.76. The number of piperidine rings is 1. The number of rotatable bonds is 2. The Kier molecular flexibility index (Phi) is 3.19. The summed E-state index contributed by atoms with van der Waals surface area (Å²) in [5, 5.41) is 3.38. The number of H-pyrrole nitrogens is 1. The third kappa shape index (κ3) is 2.21. The van der Waals surface area contributed by atoms with E-state index >= 15 is 0 Å². The van der Waals surface area contributed by atoms with Crippen molar-refractivity contribution < 1.29 is 0 Å². The van der Waals surface area contributed by atoms with Crippen molar-refractivity contribution in [2.45, 2.75) is 38.6 Å². The van der Waals surface area contributed by atoms with Crippen molar-refractivity contribution in [2.24, 2.45) is 0 Å². The molecule has 1 aliphatic heterocycles. The fraction of sp³-hybridized carbons (Fsp3) is 0.533. The van der Waals surface area contributed by atoms with Gasteiger partial charge in [-0.3, -0.25) is 4.57 Å². The molecule has 0 saturated carbocycles. The van der Waals surface area contributed by atoms with Crippen LogP contribution in [0.3, 0.4) is 0 Å². The largest absolute Gasteiger partial charge is 0.326 e. The molecule has 3 rings (SSSR count). The molecule has 2 heterocycles. The van der Waals surface area contributed by atoms with Gasteiger partial charge in [-0.1, -0.05) is 19.9 Å². The minimum Gasteiger partial charge on any atom is -0.315 e. The number of benzene rings is 1. The number of aromatic amines is 1. The lowest BCUT2D eigenvalue weighted by molar-refractivity contribution is 0.372. The van der Waals surface area contributed by atoms with Gasteiger partial charge in [-0.05, 0) is 43.0 Å². The number of fused-ring (bicyclic) bond motifs is 1. The number of imidazole rings is 1. The molecule has 0 radical (unpaired) electrons. The van der Waals surface area contributed by atoms with Crippen LogP contribution < -0.4 is 11.0 Å². The second-order valence-electron chi connectivity index (χ2n) is 5.73. The Labute approximate surface area is 112 Å². The summed E-state index contributed by atoms with van der Waals surface area (Å²) >= 11 is 0. The first-order valence-corrected chi connectivity index (χ1v) is 7.11. The Hall–Kier alpha value is -1.55. The Balaban J connectivity index is 2.13. The van der Waals surface area contributed by atoms with Crippen molar-refractivity contribution >= 4 is 11.0 Å². The van der Waals surface area contributed by atoms with Crippen LogP contribution in [0.15, 0.2) is 23.0 Å². The molecule has 0 bridgehead atoms. The first-order valence-electron chi connectivity index (χ1n) is 7.11. The smallest absolute Gasteiger partial charge is 0.315 e.